The summed E-state index contributed by atoms with van der Waals surface area (Å²) in [4.78, 5) is 15.2. The van der Waals surface area contributed by atoms with Crippen molar-refractivity contribution in [3.8, 4) is 0 Å². The topological polar surface area (TPSA) is 69.7 Å². The lowest BCUT2D eigenvalue weighted by Crippen LogP contribution is -2.49. The number of nitrogens with one attached hydrogen (secondary N) is 1. The Balaban J connectivity index is 1.36. The number of benzene rings is 1. The predicted molar refractivity (Wildman–Crippen MR) is 109 cm³/mol. The molecule has 1 aromatic heterocycles. The van der Waals surface area contributed by atoms with Gasteiger partial charge in [-0.3, -0.25) is 9.69 Å². The zero-order valence-electron chi connectivity index (χ0n) is 15.7. The monoisotopic (exact) mass is 419 g/mol. The highest BCUT2D eigenvalue weighted by Crippen LogP contribution is 2.29. The standard InChI is InChI=1S/C20H25N3O3S2/c24-20(18-8-4-11-23(18)28(25,26)19-9-5-13-27-19)21-17-10-12-22(15-17)14-16-6-2-1-3-7-16/h1-3,5-7,9,13,17-18H,4,8,10-12,14-15H2,(H,21,24). The van der Waals surface area contributed by atoms with Crippen LogP contribution in [0.2, 0.25) is 0 Å². The summed E-state index contributed by atoms with van der Waals surface area (Å²) >= 11 is 1.20. The van der Waals surface area contributed by atoms with Gasteiger partial charge in [-0.15, -0.1) is 11.3 Å². The van der Waals surface area contributed by atoms with Crippen LogP contribution in [0.15, 0.2) is 52.1 Å². The first-order valence-electron chi connectivity index (χ1n) is 9.66. The maximum Gasteiger partial charge on any atom is 0.253 e. The van der Waals surface area contributed by atoms with E-state index in [0.717, 1.165) is 26.1 Å². The highest BCUT2D eigenvalue weighted by Gasteiger charge is 2.40. The van der Waals surface area contributed by atoms with Crippen LogP contribution >= 0.6 is 11.3 Å². The Hall–Kier alpha value is -1.74. The summed E-state index contributed by atoms with van der Waals surface area (Å²) in [6, 6.07) is 13.1. The van der Waals surface area contributed by atoms with Crippen molar-refractivity contribution in [2.45, 2.75) is 42.1 Å². The lowest BCUT2D eigenvalue weighted by Gasteiger charge is -2.24. The van der Waals surface area contributed by atoms with Crippen molar-refractivity contribution < 1.29 is 13.2 Å². The second-order valence-electron chi connectivity index (χ2n) is 7.42. The van der Waals surface area contributed by atoms with Crippen molar-refractivity contribution in [3.05, 3.63) is 53.4 Å². The number of hydrogen-bond donors (Lipinski definition) is 1. The van der Waals surface area contributed by atoms with Crippen molar-refractivity contribution in [3.63, 3.8) is 0 Å². The Morgan fingerprint density at radius 2 is 1.93 bits per heavy atom. The lowest BCUT2D eigenvalue weighted by molar-refractivity contribution is -0.124. The lowest BCUT2D eigenvalue weighted by atomic mass is 10.2. The summed E-state index contributed by atoms with van der Waals surface area (Å²) in [5.74, 6) is -0.163. The van der Waals surface area contributed by atoms with Crippen molar-refractivity contribution in [1.29, 1.82) is 0 Å². The van der Waals surface area contributed by atoms with Crippen LogP contribution in [0, 0.1) is 0 Å². The molecule has 0 aliphatic carbocycles. The number of carbonyl (C=O) groups is 1. The third kappa shape index (κ3) is 4.15. The number of nitrogens with zero attached hydrogens (tertiary/aromatic N) is 2. The summed E-state index contributed by atoms with van der Waals surface area (Å²) in [6.45, 7) is 3.01. The number of thiophene rings is 1. The van der Waals surface area contributed by atoms with E-state index in [1.165, 1.54) is 21.2 Å². The molecule has 2 atom stereocenters. The molecule has 28 heavy (non-hydrogen) atoms. The van der Waals surface area contributed by atoms with Gasteiger partial charge in [-0.05, 0) is 36.3 Å². The zero-order valence-corrected chi connectivity index (χ0v) is 17.3. The summed E-state index contributed by atoms with van der Waals surface area (Å²) in [6.07, 6.45) is 2.19. The van der Waals surface area contributed by atoms with Crippen LogP contribution in [0.5, 0.6) is 0 Å². The van der Waals surface area contributed by atoms with Gasteiger partial charge in [0.1, 0.15) is 10.3 Å². The average molecular weight is 420 g/mol. The molecule has 6 nitrogen and oxygen atoms in total. The van der Waals surface area contributed by atoms with E-state index in [1.807, 2.05) is 18.2 Å². The van der Waals surface area contributed by atoms with Gasteiger partial charge >= 0.3 is 0 Å². The van der Waals surface area contributed by atoms with E-state index >= 15 is 0 Å². The fourth-order valence-electron chi connectivity index (χ4n) is 4.05. The number of amides is 1. The number of likely N-dealkylation sites (tertiary alicyclic amines) is 1. The Morgan fingerprint density at radius 1 is 1.11 bits per heavy atom. The van der Waals surface area contributed by atoms with Crippen molar-refractivity contribution in [2.24, 2.45) is 0 Å². The normalized spacial score (nSPS) is 23.9. The SMILES string of the molecule is O=C(NC1CCN(Cc2ccccc2)C1)C1CCCN1S(=O)(=O)c1cccs1. The van der Waals surface area contributed by atoms with Gasteiger partial charge in [0, 0.05) is 32.2 Å². The highest BCUT2D eigenvalue weighted by molar-refractivity contribution is 7.91. The minimum atomic E-state index is -3.59. The quantitative estimate of drug-likeness (QED) is 0.780. The Kier molecular flexibility index (Phi) is 5.82. The minimum Gasteiger partial charge on any atom is -0.351 e. The van der Waals surface area contributed by atoms with Gasteiger partial charge in [-0.2, -0.15) is 4.31 Å². The van der Waals surface area contributed by atoms with Gasteiger partial charge in [-0.1, -0.05) is 36.4 Å². The van der Waals surface area contributed by atoms with Crippen molar-refractivity contribution >= 4 is 27.3 Å². The maximum absolute atomic E-state index is 12.9. The number of rotatable bonds is 6. The molecule has 150 valence electrons. The van der Waals surface area contributed by atoms with Gasteiger partial charge in [0.15, 0.2) is 0 Å². The van der Waals surface area contributed by atoms with Crippen LogP contribution in [-0.2, 0) is 21.4 Å². The fourth-order valence-corrected chi connectivity index (χ4v) is 6.82. The van der Waals surface area contributed by atoms with Crippen molar-refractivity contribution in [1.82, 2.24) is 14.5 Å². The van der Waals surface area contributed by atoms with E-state index in [4.69, 9.17) is 0 Å². The van der Waals surface area contributed by atoms with Crippen LogP contribution in [0.25, 0.3) is 0 Å². The van der Waals surface area contributed by atoms with Crippen LogP contribution in [0.1, 0.15) is 24.8 Å². The van der Waals surface area contributed by atoms with Crippen LogP contribution in [0.3, 0.4) is 0 Å². The molecule has 8 heteroatoms. The molecule has 3 heterocycles. The summed E-state index contributed by atoms with van der Waals surface area (Å²) in [7, 11) is -3.59. The zero-order chi connectivity index (χ0) is 19.6. The average Bonchev–Trinajstić information content (AvgIpc) is 3.44. The first-order chi connectivity index (χ1) is 13.5. The van der Waals surface area contributed by atoms with Gasteiger partial charge in [0.25, 0.3) is 10.0 Å². The van der Waals surface area contributed by atoms with E-state index in [-0.39, 0.29) is 11.9 Å². The summed E-state index contributed by atoms with van der Waals surface area (Å²) < 4.78 is 27.4. The first kappa shape index (κ1) is 19.6. The largest absolute Gasteiger partial charge is 0.351 e. The molecular weight excluding hydrogens is 394 g/mol. The number of hydrogen-bond acceptors (Lipinski definition) is 5. The third-order valence-electron chi connectivity index (χ3n) is 5.43. The summed E-state index contributed by atoms with van der Waals surface area (Å²) in [5, 5.41) is 4.85. The van der Waals surface area contributed by atoms with Gasteiger partial charge in [0.05, 0.1) is 0 Å². The highest BCUT2D eigenvalue weighted by atomic mass is 32.2. The second kappa shape index (κ2) is 8.32. The number of carbonyl (C=O) groups excluding carboxylic acids is 1. The van der Waals surface area contributed by atoms with E-state index in [9.17, 15) is 13.2 Å². The van der Waals surface area contributed by atoms with Gasteiger partial charge < -0.3 is 5.32 Å². The Bertz CT molecular complexity index is 900. The van der Waals surface area contributed by atoms with Crippen LogP contribution in [0.4, 0.5) is 0 Å². The van der Waals surface area contributed by atoms with E-state index in [2.05, 4.69) is 22.3 Å². The van der Waals surface area contributed by atoms with Crippen LogP contribution in [-0.4, -0.2) is 55.2 Å². The predicted octanol–water partition coefficient (Wildman–Crippen LogP) is 2.29. The molecule has 2 unspecified atom stereocenters. The molecule has 0 saturated carbocycles. The van der Waals surface area contributed by atoms with Crippen molar-refractivity contribution in [2.75, 3.05) is 19.6 Å². The van der Waals surface area contributed by atoms with Crippen LogP contribution < -0.4 is 5.32 Å². The molecule has 0 spiro atoms. The van der Waals surface area contributed by atoms with Gasteiger partial charge in [-0.25, -0.2) is 8.42 Å². The second-order valence-corrected chi connectivity index (χ2v) is 10.5. The molecule has 1 N–H and O–H groups in total. The molecule has 2 saturated heterocycles. The Labute approximate surface area is 170 Å². The van der Waals surface area contributed by atoms with E-state index in [0.29, 0.717) is 23.6 Å². The molecule has 2 aliphatic rings. The molecule has 0 radical (unpaired) electrons. The fraction of sp³-hybridized carbons (Fsp3) is 0.450. The molecule has 1 amide bonds. The maximum atomic E-state index is 12.9. The molecular formula is C20H25N3O3S2. The number of sulfonamides is 1. The Morgan fingerprint density at radius 3 is 2.68 bits per heavy atom. The van der Waals surface area contributed by atoms with Gasteiger partial charge in [0.2, 0.25) is 5.91 Å². The molecule has 4 rings (SSSR count). The molecule has 2 aliphatic heterocycles. The first-order valence-corrected chi connectivity index (χ1v) is 12.0. The van der Waals surface area contributed by atoms with E-state index in [1.54, 1.807) is 17.5 Å². The van der Waals surface area contributed by atoms with E-state index < -0.39 is 16.1 Å². The molecule has 2 aromatic rings. The minimum absolute atomic E-state index is 0.0723. The molecule has 2 fully saturated rings. The molecule has 1 aromatic carbocycles. The third-order valence-corrected chi connectivity index (χ3v) is 8.71. The summed E-state index contributed by atoms with van der Waals surface area (Å²) in [5.41, 5.74) is 1.26. The smallest absolute Gasteiger partial charge is 0.253 e. The molecule has 0 bridgehead atoms.